The van der Waals surface area contributed by atoms with Crippen molar-refractivity contribution in [3.8, 4) is 0 Å². The maximum Gasteiger partial charge on any atom is 0.0961 e. The van der Waals surface area contributed by atoms with Crippen molar-refractivity contribution in [2.45, 2.75) is 33.0 Å². The van der Waals surface area contributed by atoms with Gasteiger partial charge in [0.2, 0.25) is 0 Å². The fourth-order valence-corrected chi connectivity index (χ4v) is 2.52. The zero-order chi connectivity index (χ0) is 14.7. The van der Waals surface area contributed by atoms with Gasteiger partial charge in [0.05, 0.1) is 17.4 Å². The van der Waals surface area contributed by atoms with Gasteiger partial charge < -0.3 is 9.88 Å². The van der Waals surface area contributed by atoms with Gasteiger partial charge in [-0.2, -0.15) is 0 Å². The topological polar surface area (TPSA) is 29.9 Å². The summed E-state index contributed by atoms with van der Waals surface area (Å²) in [5.74, 6) is 0. The third-order valence-electron chi connectivity index (χ3n) is 3.69. The molecule has 0 fully saturated rings. The number of rotatable bonds is 5. The predicted molar refractivity (Wildman–Crippen MR) is 87.3 cm³/mol. The monoisotopic (exact) mass is 279 g/mol. The fraction of sp³-hybridized carbons (Fsp3) is 0.278. The van der Waals surface area contributed by atoms with Crippen LogP contribution in [0.2, 0.25) is 0 Å². The van der Waals surface area contributed by atoms with Crippen molar-refractivity contribution in [3.63, 3.8) is 0 Å². The summed E-state index contributed by atoms with van der Waals surface area (Å²) in [7, 11) is 0. The Kier molecular flexibility index (Phi) is 4.02. The molecule has 3 heteroatoms. The van der Waals surface area contributed by atoms with Crippen molar-refractivity contribution >= 4 is 11.0 Å². The number of hydrogen-bond acceptors (Lipinski definition) is 2. The zero-order valence-electron chi connectivity index (χ0n) is 12.6. The van der Waals surface area contributed by atoms with Crippen molar-refractivity contribution in [2.75, 3.05) is 0 Å². The highest BCUT2D eigenvalue weighted by Crippen LogP contribution is 2.16. The number of nitrogens with zero attached hydrogens (tertiary/aromatic N) is 2. The summed E-state index contributed by atoms with van der Waals surface area (Å²) in [6, 6.07) is 17.4. The molecular formula is C18H21N3. The number of para-hydroxylation sites is 2. The Morgan fingerprint density at radius 2 is 1.71 bits per heavy atom. The number of hydrogen-bond donors (Lipinski definition) is 1. The maximum atomic E-state index is 4.47. The average Bonchev–Trinajstić information content (AvgIpc) is 2.90. The fourth-order valence-electron chi connectivity index (χ4n) is 2.52. The average molecular weight is 279 g/mol. The molecule has 0 bridgehead atoms. The smallest absolute Gasteiger partial charge is 0.0961 e. The van der Waals surface area contributed by atoms with Crippen LogP contribution in [-0.2, 0) is 13.1 Å². The number of fused-ring (bicyclic) bond motifs is 1. The van der Waals surface area contributed by atoms with E-state index in [9.17, 15) is 0 Å². The van der Waals surface area contributed by atoms with E-state index in [1.165, 1.54) is 16.6 Å². The van der Waals surface area contributed by atoms with E-state index in [2.05, 4.69) is 71.2 Å². The Balaban J connectivity index is 1.87. The van der Waals surface area contributed by atoms with Crippen LogP contribution in [0.25, 0.3) is 11.0 Å². The van der Waals surface area contributed by atoms with Gasteiger partial charge in [-0.3, -0.25) is 0 Å². The summed E-state index contributed by atoms with van der Waals surface area (Å²) >= 11 is 0. The molecule has 0 aliphatic heterocycles. The third-order valence-corrected chi connectivity index (χ3v) is 3.69. The highest BCUT2D eigenvalue weighted by Gasteiger charge is 2.06. The van der Waals surface area contributed by atoms with Crippen LogP contribution >= 0.6 is 0 Å². The number of imidazole rings is 1. The molecule has 0 amide bonds. The maximum absolute atomic E-state index is 4.47. The second-order valence-electron chi connectivity index (χ2n) is 5.67. The highest BCUT2D eigenvalue weighted by atomic mass is 15.0. The molecule has 1 N–H and O–H groups in total. The molecule has 0 aliphatic rings. The van der Waals surface area contributed by atoms with Crippen LogP contribution in [0.3, 0.4) is 0 Å². The molecule has 0 aliphatic carbocycles. The molecule has 0 atom stereocenters. The van der Waals surface area contributed by atoms with Crippen LogP contribution in [0.15, 0.2) is 54.9 Å². The summed E-state index contributed by atoms with van der Waals surface area (Å²) < 4.78 is 2.21. The molecule has 3 nitrogen and oxygen atoms in total. The first kappa shape index (κ1) is 13.8. The SMILES string of the molecule is CC(C)NCc1ccccc1Cn1cnc2ccccc21. The van der Waals surface area contributed by atoms with Crippen molar-refractivity contribution in [1.82, 2.24) is 14.9 Å². The van der Waals surface area contributed by atoms with Gasteiger partial charge in [0, 0.05) is 19.1 Å². The molecule has 0 radical (unpaired) electrons. The molecule has 1 heterocycles. The summed E-state index contributed by atoms with van der Waals surface area (Å²) in [5, 5.41) is 3.49. The first-order chi connectivity index (χ1) is 10.2. The van der Waals surface area contributed by atoms with E-state index in [1.807, 2.05) is 12.4 Å². The van der Waals surface area contributed by atoms with E-state index >= 15 is 0 Å². The predicted octanol–water partition coefficient (Wildman–Crippen LogP) is 3.58. The van der Waals surface area contributed by atoms with Crippen LogP contribution in [0, 0.1) is 0 Å². The van der Waals surface area contributed by atoms with E-state index < -0.39 is 0 Å². The van der Waals surface area contributed by atoms with Gasteiger partial charge in [-0.1, -0.05) is 50.2 Å². The van der Waals surface area contributed by atoms with Crippen molar-refractivity contribution in [1.29, 1.82) is 0 Å². The molecule has 3 rings (SSSR count). The summed E-state index contributed by atoms with van der Waals surface area (Å²) in [4.78, 5) is 4.47. The minimum Gasteiger partial charge on any atom is -0.326 e. The van der Waals surface area contributed by atoms with Gasteiger partial charge in [0.1, 0.15) is 0 Å². The Hall–Kier alpha value is -2.13. The Morgan fingerprint density at radius 1 is 1.00 bits per heavy atom. The Morgan fingerprint density at radius 3 is 2.52 bits per heavy atom. The number of benzene rings is 2. The summed E-state index contributed by atoms with van der Waals surface area (Å²) in [6.07, 6.45) is 1.93. The van der Waals surface area contributed by atoms with E-state index in [0.29, 0.717) is 6.04 Å². The van der Waals surface area contributed by atoms with Crippen molar-refractivity contribution < 1.29 is 0 Å². The van der Waals surface area contributed by atoms with E-state index in [-0.39, 0.29) is 0 Å². The van der Waals surface area contributed by atoms with Crippen molar-refractivity contribution in [2.24, 2.45) is 0 Å². The van der Waals surface area contributed by atoms with E-state index in [1.54, 1.807) is 0 Å². The third kappa shape index (κ3) is 3.14. The lowest BCUT2D eigenvalue weighted by molar-refractivity contribution is 0.585. The van der Waals surface area contributed by atoms with Crippen LogP contribution in [0.1, 0.15) is 25.0 Å². The minimum atomic E-state index is 0.493. The van der Waals surface area contributed by atoms with Crippen LogP contribution < -0.4 is 5.32 Å². The quantitative estimate of drug-likeness (QED) is 0.773. The first-order valence-electron chi connectivity index (χ1n) is 7.44. The molecule has 2 aromatic carbocycles. The van der Waals surface area contributed by atoms with Crippen molar-refractivity contribution in [3.05, 3.63) is 66.0 Å². The normalized spacial score (nSPS) is 11.4. The molecular weight excluding hydrogens is 258 g/mol. The second-order valence-corrected chi connectivity index (χ2v) is 5.67. The van der Waals surface area contributed by atoms with Gasteiger partial charge in [0.25, 0.3) is 0 Å². The van der Waals surface area contributed by atoms with Crippen LogP contribution in [-0.4, -0.2) is 15.6 Å². The number of aromatic nitrogens is 2. The molecule has 0 spiro atoms. The number of nitrogens with one attached hydrogen (secondary N) is 1. The second kappa shape index (κ2) is 6.10. The summed E-state index contributed by atoms with van der Waals surface area (Å²) in [5.41, 5.74) is 4.93. The molecule has 0 saturated carbocycles. The zero-order valence-corrected chi connectivity index (χ0v) is 12.6. The largest absolute Gasteiger partial charge is 0.326 e. The van der Waals surface area contributed by atoms with Crippen LogP contribution in [0.4, 0.5) is 0 Å². The highest BCUT2D eigenvalue weighted by molar-refractivity contribution is 5.75. The van der Waals surface area contributed by atoms with E-state index in [0.717, 1.165) is 18.6 Å². The van der Waals surface area contributed by atoms with Gasteiger partial charge in [-0.05, 0) is 23.3 Å². The Bertz CT molecular complexity index is 728. The minimum absolute atomic E-state index is 0.493. The lowest BCUT2D eigenvalue weighted by Crippen LogP contribution is -2.22. The lowest BCUT2D eigenvalue weighted by Gasteiger charge is -2.13. The molecule has 0 unspecified atom stereocenters. The van der Waals surface area contributed by atoms with Gasteiger partial charge >= 0.3 is 0 Å². The molecule has 1 aromatic heterocycles. The Labute approximate surface area is 125 Å². The first-order valence-corrected chi connectivity index (χ1v) is 7.44. The molecule has 108 valence electrons. The lowest BCUT2D eigenvalue weighted by atomic mass is 10.1. The van der Waals surface area contributed by atoms with Gasteiger partial charge in [0.15, 0.2) is 0 Å². The summed E-state index contributed by atoms with van der Waals surface area (Å²) in [6.45, 7) is 6.11. The molecule has 0 saturated heterocycles. The molecule has 21 heavy (non-hydrogen) atoms. The van der Waals surface area contributed by atoms with Crippen LogP contribution in [0.5, 0.6) is 0 Å². The molecule has 3 aromatic rings. The van der Waals surface area contributed by atoms with Gasteiger partial charge in [-0.15, -0.1) is 0 Å². The standard InChI is InChI=1S/C18H21N3/c1-14(2)19-11-15-7-3-4-8-16(15)12-21-13-20-17-9-5-6-10-18(17)21/h3-10,13-14,19H,11-12H2,1-2H3. The van der Waals surface area contributed by atoms with E-state index in [4.69, 9.17) is 0 Å². The van der Waals surface area contributed by atoms with Gasteiger partial charge in [-0.25, -0.2) is 4.98 Å².